The SMILES string of the molecule is CC(C)Cn1nc(C(C)(C)C)c(CCl)c1Cl. The molecule has 0 aliphatic carbocycles. The van der Waals surface area contributed by atoms with Crippen LogP contribution in [0.1, 0.15) is 45.9 Å². The lowest BCUT2D eigenvalue weighted by molar-refractivity contribution is 0.466. The number of rotatable bonds is 3. The van der Waals surface area contributed by atoms with Gasteiger partial charge in [0.25, 0.3) is 0 Å². The summed E-state index contributed by atoms with van der Waals surface area (Å²) in [5, 5.41) is 5.28. The van der Waals surface area contributed by atoms with Gasteiger partial charge in [0.2, 0.25) is 0 Å². The Hall–Kier alpha value is -0.210. The summed E-state index contributed by atoms with van der Waals surface area (Å²) in [6, 6.07) is 0. The van der Waals surface area contributed by atoms with Crippen LogP contribution in [0.2, 0.25) is 5.15 Å². The lowest BCUT2D eigenvalue weighted by atomic mass is 9.90. The second kappa shape index (κ2) is 4.97. The monoisotopic (exact) mass is 262 g/mol. The normalized spacial score (nSPS) is 12.5. The maximum atomic E-state index is 6.30. The summed E-state index contributed by atoms with van der Waals surface area (Å²) in [6.07, 6.45) is 0. The van der Waals surface area contributed by atoms with Gasteiger partial charge in [0.1, 0.15) is 5.15 Å². The third-order valence-electron chi connectivity index (χ3n) is 2.36. The van der Waals surface area contributed by atoms with E-state index in [1.807, 2.05) is 4.68 Å². The Morgan fingerprint density at radius 2 is 1.88 bits per heavy atom. The molecule has 0 bridgehead atoms. The molecule has 1 aromatic rings. The van der Waals surface area contributed by atoms with Gasteiger partial charge in [-0.2, -0.15) is 5.10 Å². The molecule has 16 heavy (non-hydrogen) atoms. The summed E-state index contributed by atoms with van der Waals surface area (Å²) >= 11 is 12.3. The molecule has 0 unspecified atom stereocenters. The second-order valence-electron chi connectivity index (χ2n) is 5.58. The quantitative estimate of drug-likeness (QED) is 0.746. The molecular formula is C12H20Cl2N2. The minimum absolute atomic E-state index is 0.0178. The predicted molar refractivity (Wildman–Crippen MR) is 70.3 cm³/mol. The van der Waals surface area contributed by atoms with E-state index in [9.17, 15) is 0 Å². The van der Waals surface area contributed by atoms with Crippen molar-refractivity contribution in [3.63, 3.8) is 0 Å². The first-order valence-electron chi connectivity index (χ1n) is 5.59. The van der Waals surface area contributed by atoms with Crippen LogP contribution in [0.4, 0.5) is 0 Å². The molecule has 0 spiro atoms. The number of hydrogen-bond acceptors (Lipinski definition) is 1. The van der Waals surface area contributed by atoms with Crippen LogP contribution in [-0.4, -0.2) is 9.78 Å². The largest absolute Gasteiger partial charge is 0.253 e. The molecule has 0 aromatic carbocycles. The lowest BCUT2D eigenvalue weighted by Crippen LogP contribution is -2.15. The van der Waals surface area contributed by atoms with Gasteiger partial charge in [-0.1, -0.05) is 46.2 Å². The van der Waals surface area contributed by atoms with E-state index >= 15 is 0 Å². The van der Waals surface area contributed by atoms with Crippen LogP contribution in [0.15, 0.2) is 0 Å². The molecule has 4 heteroatoms. The fraction of sp³-hybridized carbons (Fsp3) is 0.750. The summed E-state index contributed by atoms with van der Waals surface area (Å²) in [5.41, 5.74) is 1.96. The van der Waals surface area contributed by atoms with Crippen molar-refractivity contribution in [2.24, 2.45) is 5.92 Å². The van der Waals surface area contributed by atoms with E-state index in [4.69, 9.17) is 23.2 Å². The fourth-order valence-corrected chi connectivity index (χ4v) is 2.25. The minimum Gasteiger partial charge on any atom is -0.253 e. The zero-order valence-electron chi connectivity index (χ0n) is 10.6. The van der Waals surface area contributed by atoms with Crippen molar-refractivity contribution in [2.45, 2.75) is 52.5 Å². The van der Waals surface area contributed by atoms with Crippen molar-refractivity contribution in [1.29, 1.82) is 0 Å². The number of hydrogen-bond donors (Lipinski definition) is 0. The molecule has 92 valence electrons. The number of halogens is 2. The van der Waals surface area contributed by atoms with Crippen molar-refractivity contribution in [2.75, 3.05) is 0 Å². The van der Waals surface area contributed by atoms with E-state index in [2.05, 4.69) is 39.7 Å². The van der Waals surface area contributed by atoms with Gasteiger partial charge in [0.05, 0.1) is 11.6 Å². The van der Waals surface area contributed by atoms with Crippen LogP contribution in [0.25, 0.3) is 0 Å². The Morgan fingerprint density at radius 1 is 1.31 bits per heavy atom. The summed E-state index contributed by atoms with van der Waals surface area (Å²) < 4.78 is 1.87. The maximum absolute atomic E-state index is 6.30. The molecule has 1 aromatic heterocycles. The van der Waals surface area contributed by atoms with Crippen molar-refractivity contribution in [3.8, 4) is 0 Å². The zero-order valence-corrected chi connectivity index (χ0v) is 12.2. The highest BCUT2D eigenvalue weighted by molar-refractivity contribution is 6.31. The highest BCUT2D eigenvalue weighted by Crippen LogP contribution is 2.31. The highest BCUT2D eigenvalue weighted by atomic mass is 35.5. The Bertz CT molecular complexity index is 362. The smallest absolute Gasteiger partial charge is 0.131 e. The predicted octanol–water partition coefficient (Wildman–Crippen LogP) is 4.23. The van der Waals surface area contributed by atoms with Gasteiger partial charge in [-0.3, -0.25) is 4.68 Å². The molecule has 2 nitrogen and oxygen atoms in total. The standard InChI is InChI=1S/C12H20Cl2N2/c1-8(2)7-16-11(14)9(6-13)10(15-16)12(3,4)5/h8H,6-7H2,1-5H3. The Kier molecular flexibility index (Phi) is 4.30. The summed E-state index contributed by atoms with van der Waals surface area (Å²) in [4.78, 5) is 0. The number of nitrogens with zero attached hydrogens (tertiary/aromatic N) is 2. The van der Waals surface area contributed by atoms with Gasteiger partial charge >= 0.3 is 0 Å². The number of alkyl halides is 1. The summed E-state index contributed by atoms with van der Waals surface area (Å²) in [7, 11) is 0. The molecule has 1 heterocycles. The van der Waals surface area contributed by atoms with Gasteiger partial charge in [-0.15, -0.1) is 11.6 Å². The molecule has 0 fully saturated rings. The van der Waals surface area contributed by atoms with Gasteiger partial charge in [-0.05, 0) is 5.92 Å². The molecular weight excluding hydrogens is 243 g/mol. The van der Waals surface area contributed by atoms with Crippen LogP contribution in [0.3, 0.4) is 0 Å². The van der Waals surface area contributed by atoms with E-state index in [1.54, 1.807) is 0 Å². The Morgan fingerprint density at radius 3 is 2.19 bits per heavy atom. The molecule has 0 aliphatic rings. The van der Waals surface area contributed by atoms with Gasteiger partial charge in [0, 0.05) is 17.5 Å². The molecule has 0 atom stereocenters. The van der Waals surface area contributed by atoms with E-state index in [1.165, 1.54) is 0 Å². The van der Waals surface area contributed by atoms with Crippen molar-refractivity contribution in [1.82, 2.24) is 9.78 Å². The Labute approximate surface area is 108 Å². The first-order valence-corrected chi connectivity index (χ1v) is 6.50. The van der Waals surface area contributed by atoms with Gasteiger partial charge in [-0.25, -0.2) is 0 Å². The molecule has 0 saturated carbocycles. The third kappa shape index (κ3) is 2.92. The highest BCUT2D eigenvalue weighted by Gasteiger charge is 2.25. The zero-order chi connectivity index (χ0) is 12.5. The minimum atomic E-state index is -0.0178. The molecule has 0 amide bonds. The molecule has 1 rings (SSSR count). The third-order valence-corrected chi connectivity index (χ3v) is 3.05. The summed E-state index contributed by atoms with van der Waals surface area (Å²) in [6.45, 7) is 11.5. The maximum Gasteiger partial charge on any atom is 0.131 e. The average molecular weight is 263 g/mol. The molecule has 0 saturated heterocycles. The summed E-state index contributed by atoms with van der Waals surface area (Å²) in [5.74, 6) is 0.942. The Balaban J connectivity index is 3.20. The fourth-order valence-electron chi connectivity index (χ4n) is 1.67. The van der Waals surface area contributed by atoms with Crippen LogP contribution < -0.4 is 0 Å². The molecule has 0 N–H and O–H groups in total. The van der Waals surface area contributed by atoms with Crippen LogP contribution in [0, 0.1) is 5.92 Å². The number of aromatic nitrogens is 2. The van der Waals surface area contributed by atoms with Crippen molar-refractivity contribution >= 4 is 23.2 Å². The van der Waals surface area contributed by atoms with Crippen LogP contribution in [0.5, 0.6) is 0 Å². The molecule has 0 radical (unpaired) electrons. The van der Waals surface area contributed by atoms with Crippen LogP contribution >= 0.6 is 23.2 Å². The van der Waals surface area contributed by atoms with E-state index < -0.39 is 0 Å². The first kappa shape index (κ1) is 13.9. The molecule has 0 aliphatic heterocycles. The van der Waals surface area contributed by atoms with Crippen molar-refractivity contribution < 1.29 is 0 Å². The first-order chi connectivity index (χ1) is 7.27. The average Bonchev–Trinajstić information content (AvgIpc) is 2.42. The van der Waals surface area contributed by atoms with E-state index in [0.717, 1.165) is 17.8 Å². The van der Waals surface area contributed by atoms with E-state index in [0.29, 0.717) is 17.0 Å². The topological polar surface area (TPSA) is 17.8 Å². The lowest BCUT2D eigenvalue weighted by Gasteiger charge is -2.16. The van der Waals surface area contributed by atoms with E-state index in [-0.39, 0.29) is 5.41 Å². The van der Waals surface area contributed by atoms with Crippen molar-refractivity contribution in [3.05, 3.63) is 16.4 Å². The van der Waals surface area contributed by atoms with Gasteiger partial charge < -0.3 is 0 Å². The van der Waals surface area contributed by atoms with Crippen LogP contribution in [-0.2, 0) is 17.8 Å². The second-order valence-corrected chi connectivity index (χ2v) is 6.20. The van der Waals surface area contributed by atoms with Gasteiger partial charge in [0.15, 0.2) is 0 Å².